The van der Waals surface area contributed by atoms with Gasteiger partial charge in [0.05, 0.1) is 11.7 Å². The van der Waals surface area contributed by atoms with Gasteiger partial charge >= 0.3 is 0 Å². The zero-order valence-electron chi connectivity index (χ0n) is 15.9. The van der Waals surface area contributed by atoms with Crippen LogP contribution in [0.4, 0.5) is 0 Å². The topological polar surface area (TPSA) is 62.3 Å². The van der Waals surface area contributed by atoms with Crippen molar-refractivity contribution in [3.63, 3.8) is 0 Å². The summed E-state index contributed by atoms with van der Waals surface area (Å²) in [7, 11) is 0. The zero-order chi connectivity index (χ0) is 18.4. The van der Waals surface area contributed by atoms with Crippen LogP contribution in [-0.2, 0) is 9.59 Å². The van der Waals surface area contributed by atoms with Crippen molar-refractivity contribution < 1.29 is 9.59 Å². The molecule has 1 N–H and O–H groups in total. The van der Waals surface area contributed by atoms with E-state index in [-0.39, 0.29) is 29.8 Å². The molecule has 1 saturated heterocycles. The lowest BCUT2D eigenvalue weighted by Gasteiger charge is -2.56. The quantitative estimate of drug-likeness (QED) is 0.831. The van der Waals surface area contributed by atoms with Gasteiger partial charge in [0, 0.05) is 18.3 Å². The van der Waals surface area contributed by atoms with Gasteiger partial charge in [0.1, 0.15) is 6.42 Å². The molecule has 144 valence electrons. The maximum absolute atomic E-state index is 12.9. The molecule has 27 heavy (non-hydrogen) atoms. The van der Waals surface area contributed by atoms with Gasteiger partial charge in [0.2, 0.25) is 11.8 Å². The summed E-state index contributed by atoms with van der Waals surface area (Å²) in [6, 6.07) is 5.85. The lowest BCUT2D eigenvalue weighted by atomic mass is 9.53. The maximum Gasteiger partial charge on any atom is 0.232 e. The second-order valence-corrected chi connectivity index (χ2v) is 9.42. The van der Waals surface area contributed by atoms with Gasteiger partial charge in [-0.25, -0.2) is 0 Å². The second kappa shape index (κ2) is 6.61. The summed E-state index contributed by atoms with van der Waals surface area (Å²) in [4.78, 5) is 31.9. The van der Waals surface area contributed by atoms with E-state index in [0.717, 1.165) is 62.1 Å². The van der Waals surface area contributed by atoms with Gasteiger partial charge in [-0.15, -0.1) is 0 Å². The number of carbonyl (C=O) groups is 2. The van der Waals surface area contributed by atoms with E-state index in [4.69, 9.17) is 0 Å². The highest BCUT2D eigenvalue weighted by molar-refractivity contribution is 5.97. The molecule has 1 aromatic rings. The molecular weight excluding hydrogens is 338 g/mol. The monoisotopic (exact) mass is 367 g/mol. The summed E-state index contributed by atoms with van der Waals surface area (Å²) in [6.07, 6.45) is 11.1. The molecule has 0 spiro atoms. The van der Waals surface area contributed by atoms with E-state index in [1.807, 2.05) is 23.1 Å². The first kappa shape index (κ1) is 17.2. The third kappa shape index (κ3) is 3.26. The Morgan fingerprint density at radius 1 is 1.11 bits per heavy atom. The minimum absolute atomic E-state index is 0.0164. The number of pyridine rings is 1. The van der Waals surface area contributed by atoms with Crippen LogP contribution in [0, 0.1) is 17.8 Å². The minimum Gasteiger partial charge on any atom is -0.350 e. The predicted molar refractivity (Wildman–Crippen MR) is 102 cm³/mol. The lowest BCUT2D eigenvalue weighted by molar-refractivity contribution is -0.138. The molecular formula is C22H29N3O2. The normalized spacial score (nSPS) is 36.8. The summed E-state index contributed by atoms with van der Waals surface area (Å²) in [5.74, 6) is 2.25. The molecule has 1 atom stereocenters. The molecule has 5 fully saturated rings. The van der Waals surface area contributed by atoms with Crippen molar-refractivity contribution in [3.8, 4) is 0 Å². The molecule has 1 aliphatic heterocycles. The molecule has 0 aromatic carbocycles. The number of aromatic nitrogens is 1. The smallest absolute Gasteiger partial charge is 0.232 e. The summed E-state index contributed by atoms with van der Waals surface area (Å²) in [5.41, 5.74) is 0.919. The van der Waals surface area contributed by atoms with E-state index < -0.39 is 0 Å². The Hall–Kier alpha value is -1.91. The first-order valence-electron chi connectivity index (χ1n) is 10.6. The molecule has 0 unspecified atom stereocenters. The highest BCUT2D eigenvalue weighted by Crippen LogP contribution is 2.55. The molecule has 4 aliphatic carbocycles. The van der Waals surface area contributed by atoms with E-state index in [0.29, 0.717) is 0 Å². The van der Waals surface area contributed by atoms with Crippen molar-refractivity contribution in [2.75, 3.05) is 6.54 Å². The molecule has 4 saturated carbocycles. The maximum atomic E-state index is 12.9. The summed E-state index contributed by atoms with van der Waals surface area (Å²) < 4.78 is 0. The Kier molecular flexibility index (Phi) is 4.21. The van der Waals surface area contributed by atoms with Crippen LogP contribution in [0.1, 0.15) is 69.5 Å². The van der Waals surface area contributed by atoms with Crippen molar-refractivity contribution in [1.29, 1.82) is 0 Å². The van der Waals surface area contributed by atoms with Crippen LogP contribution in [0.15, 0.2) is 24.4 Å². The van der Waals surface area contributed by atoms with Crippen LogP contribution >= 0.6 is 0 Å². The van der Waals surface area contributed by atoms with Crippen LogP contribution in [-0.4, -0.2) is 33.8 Å². The molecule has 6 rings (SSSR count). The highest BCUT2D eigenvalue weighted by atomic mass is 16.2. The van der Waals surface area contributed by atoms with E-state index >= 15 is 0 Å². The van der Waals surface area contributed by atoms with Crippen LogP contribution in [0.3, 0.4) is 0 Å². The van der Waals surface area contributed by atoms with Crippen LogP contribution < -0.4 is 5.32 Å². The zero-order valence-corrected chi connectivity index (χ0v) is 15.9. The van der Waals surface area contributed by atoms with E-state index in [2.05, 4.69) is 10.3 Å². The Labute approximate surface area is 160 Å². The minimum atomic E-state index is -0.0754. The molecule has 0 radical (unpaired) electrons. The van der Waals surface area contributed by atoms with Gasteiger partial charge in [-0.1, -0.05) is 6.07 Å². The molecule has 2 heterocycles. The number of rotatable bonds is 4. The third-order valence-electron chi connectivity index (χ3n) is 7.36. The van der Waals surface area contributed by atoms with E-state index in [9.17, 15) is 9.59 Å². The van der Waals surface area contributed by atoms with Crippen molar-refractivity contribution >= 4 is 11.8 Å². The molecule has 5 heteroatoms. The SMILES string of the molecule is O=C(CC(=O)N1CCC[C@H]1c1ccccn1)NC12CC3CC(CC(C3)C1)C2. The Morgan fingerprint density at radius 3 is 2.44 bits per heavy atom. The number of hydrogen-bond acceptors (Lipinski definition) is 3. The van der Waals surface area contributed by atoms with Gasteiger partial charge in [0.25, 0.3) is 0 Å². The summed E-state index contributed by atoms with van der Waals surface area (Å²) in [6.45, 7) is 0.727. The van der Waals surface area contributed by atoms with Gasteiger partial charge in [0.15, 0.2) is 0 Å². The number of nitrogens with one attached hydrogen (secondary N) is 1. The molecule has 1 aromatic heterocycles. The average Bonchev–Trinajstić information content (AvgIpc) is 3.10. The molecule has 5 nitrogen and oxygen atoms in total. The van der Waals surface area contributed by atoms with E-state index in [1.54, 1.807) is 6.20 Å². The number of likely N-dealkylation sites (tertiary alicyclic amines) is 1. The van der Waals surface area contributed by atoms with Crippen LogP contribution in [0.25, 0.3) is 0 Å². The second-order valence-electron chi connectivity index (χ2n) is 9.42. The Morgan fingerprint density at radius 2 is 1.81 bits per heavy atom. The first-order chi connectivity index (χ1) is 13.1. The van der Waals surface area contributed by atoms with Gasteiger partial charge < -0.3 is 10.2 Å². The van der Waals surface area contributed by atoms with E-state index in [1.165, 1.54) is 19.3 Å². The van der Waals surface area contributed by atoms with Crippen molar-refractivity contribution in [3.05, 3.63) is 30.1 Å². The van der Waals surface area contributed by atoms with Crippen LogP contribution in [0.2, 0.25) is 0 Å². The lowest BCUT2D eigenvalue weighted by Crippen LogP contribution is -2.60. The number of amides is 2. The van der Waals surface area contributed by atoms with Crippen molar-refractivity contribution in [2.45, 2.75) is 69.4 Å². The fraction of sp³-hybridized carbons (Fsp3) is 0.682. The fourth-order valence-corrected chi connectivity index (χ4v) is 6.79. The van der Waals surface area contributed by atoms with Crippen molar-refractivity contribution in [1.82, 2.24) is 15.2 Å². The van der Waals surface area contributed by atoms with Gasteiger partial charge in [-0.3, -0.25) is 14.6 Å². The molecule has 2 amide bonds. The average molecular weight is 367 g/mol. The van der Waals surface area contributed by atoms with Crippen LogP contribution in [0.5, 0.6) is 0 Å². The van der Waals surface area contributed by atoms with Gasteiger partial charge in [-0.05, 0) is 81.3 Å². The molecule has 4 bridgehead atoms. The number of nitrogens with zero attached hydrogens (tertiary/aromatic N) is 2. The fourth-order valence-electron chi connectivity index (χ4n) is 6.79. The Balaban J connectivity index is 1.23. The summed E-state index contributed by atoms with van der Waals surface area (Å²) >= 11 is 0. The number of hydrogen-bond donors (Lipinski definition) is 1. The predicted octanol–water partition coefficient (Wildman–Crippen LogP) is 3.22. The standard InChI is InChI=1S/C22H29N3O2/c26-20(24-22-12-15-8-16(13-22)10-17(9-15)14-22)11-21(27)25-7-3-5-19(25)18-4-1-2-6-23-18/h1-2,4,6,15-17,19H,3,5,7-14H2,(H,24,26)/t15?,16?,17?,19-,22?/m0/s1. The van der Waals surface area contributed by atoms with Crippen molar-refractivity contribution in [2.24, 2.45) is 17.8 Å². The largest absolute Gasteiger partial charge is 0.350 e. The van der Waals surface area contributed by atoms with Gasteiger partial charge in [-0.2, -0.15) is 0 Å². The first-order valence-corrected chi connectivity index (χ1v) is 10.6. The Bertz CT molecular complexity index is 697. The molecule has 5 aliphatic rings. The highest BCUT2D eigenvalue weighted by Gasteiger charge is 2.51. The summed E-state index contributed by atoms with van der Waals surface area (Å²) in [5, 5.41) is 3.33. The third-order valence-corrected chi connectivity index (χ3v) is 7.36. The number of carbonyl (C=O) groups excluding carboxylic acids is 2.